The van der Waals surface area contributed by atoms with Crippen LogP contribution in [0, 0.1) is 34.0 Å². The van der Waals surface area contributed by atoms with Gasteiger partial charge in [0.05, 0.1) is 68.8 Å². The van der Waals surface area contributed by atoms with Gasteiger partial charge in [-0.05, 0) is 48.5 Å². The van der Waals surface area contributed by atoms with Crippen molar-refractivity contribution >= 4 is 43.6 Å². The van der Waals surface area contributed by atoms with E-state index in [2.05, 4.69) is 51.6 Å². The molecule has 0 saturated carbocycles. The van der Waals surface area contributed by atoms with Gasteiger partial charge in [-0.15, -0.1) is 0 Å². The Hall–Kier alpha value is -6.68. The van der Waals surface area contributed by atoms with Gasteiger partial charge >= 0.3 is 0 Å². The topological polar surface area (TPSA) is 94.1 Å². The highest BCUT2D eigenvalue weighted by Gasteiger charge is 2.21. The first-order chi connectivity index (χ1) is 21.7. The Bertz CT molecular complexity index is 2600. The highest BCUT2D eigenvalue weighted by molar-refractivity contribution is 6.11. The predicted octanol–water partition coefficient (Wildman–Crippen LogP) is 8.56. The summed E-state index contributed by atoms with van der Waals surface area (Å²) < 4.78 is 4.21. The van der Waals surface area contributed by atoms with Crippen LogP contribution in [0.25, 0.3) is 66.2 Å². The number of fused-ring (bicyclic) bond motifs is 6. The van der Waals surface area contributed by atoms with Crippen LogP contribution in [0.4, 0.5) is 0 Å². The molecule has 3 heterocycles. The van der Waals surface area contributed by atoms with Crippen molar-refractivity contribution in [3.05, 3.63) is 138 Å². The number of hydrogen-bond acceptors (Lipinski definition) is 4. The summed E-state index contributed by atoms with van der Waals surface area (Å²) in [7, 11) is 0. The maximum atomic E-state index is 10.2. The lowest BCUT2D eigenvalue weighted by atomic mass is 9.99. The van der Waals surface area contributed by atoms with Gasteiger partial charge in [0, 0.05) is 32.7 Å². The van der Waals surface area contributed by atoms with Gasteiger partial charge in [-0.25, -0.2) is 4.98 Å². The highest BCUT2D eigenvalue weighted by Crippen LogP contribution is 2.39. The summed E-state index contributed by atoms with van der Waals surface area (Å²) in [6.45, 7) is 0. The monoisotopic (exact) mass is 560 g/mol. The van der Waals surface area contributed by atoms with Crippen molar-refractivity contribution in [1.82, 2.24) is 14.1 Å². The normalized spacial score (nSPS) is 11.1. The number of hydrogen-bond donors (Lipinski definition) is 0. The van der Waals surface area contributed by atoms with Crippen molar-refractivity contribution in [2.45, 2.75) is 0 Å². The fraction of sp³-hybridized carbons (Fsp3) is 0. The fourth-order valence-corrected chi connectivity index (χ4v) is 6.36. The van der Waals surface area contributed by atoms with E-state index < -0.39 is 0 Å². The van der Waals surface area contributed by atoms with E-state index in [-0.39, 0.29) is 0 Å². The molecule has 6 heteroatoms. The molecule has 0 spiro atoms. The standard InChI is InChI=1S/C38H20N6/c39-20-24-13-15-30-28-9-3-5-11-33(28)43(35(30)17-24)37-23-42-38(19-32(37)27-8-2-1-7-26(27)22-41)44-34-12-6-4-10-29(34)31-16-14-25(21-40)18-36(31)44/h1-19,23H. The van der Waals surface area contributed by atoms with Crippen molar-refractivity contribution in [3.8, 4) is 40.8 Å². The average molecular weight is 561 g/mol. The van der Waals surface area contributed by atoms with Gasteiger partial charge in [0.25, 0.3) is 0 Å². The van der Waals surface area contributed by atoms with Crippen LogP contribution in [0.2, 0.25) is 0 Å². The molecule has 0 aliphatic heterocycles. The van der Waals surface area contributed by atoms with E-state index in [4.69, 9.17) is 4.98 Å². The van der Waals surface area contributed by atoms with Gasteiger partial charge in [0.2, 0.25) is 0 Å². The van der Waals surface area contributed by atoms with Gasteiger partial charge in [0.15, 0.2) is 0 Å². The molecule has 8 aromatic rings. The zero-order valence-corrected chi connectivity index (χ0v) is 23.2. The minimum absolute atomic E-state index is 0.540. The molecule has 0 aliphatic carbocycles. The van der Waals surface area contributed by atoms with Crippen LogP contribution in [0.3, 0.4) is 0 Å². The SMILES string of the molecule is N#Cc1ccc2c3ccccc3n(-c3cc(-c4ccccc4C#N)c(-n4c5ccccc5c5ccc(C#N)cc54)cn3)c2c1. The molecule has 3 aromatic heterocycles. The number of para-hydroxylation sites is 2. The molecule has 0 saturated heterocycles. The molecule has 44 heavy (non-hydrogen) atoms. The van der Waals surface area contributed by atoms with Crippen LogP contribution >= 0.6 is 0 Å². The van der Waals surface area contributed by atoms with Crippen LogP contribution in [0.5, 0.6) is 0 Å². The zero-order valence-electron chi connectivity index (χ0n) is 23.2. The van der Waals surface area contributed by atoms with Crippen molar-refractivity contribution in [3.63, 3.8) is 0 Å². The molecule has 0 aliphatic rings. The summed E-state index contributed by atoms with van der Waals surface area (Å²) in [5, 5.41) is 33.8. The second-order valence-electron chi connectivity index (χ2n) is 10.6. The molecule has 8 rings (SSSR count). The van der Waals surface area contributed by atoms with Gasteiger partial charge in [-0.1, -0.05) is 66.7 Å². The van der Waals surface area contributed by atoms with Crippen LogP contribution in [-0.4, -0.2) is 14.1 Å². The first-order valence-corrected chi connectivity index (χ1v) is 14.1. The summed E-state index contributed by atoms with van der Waals surface area (Å²) in [4.78, 5) is 5.04. The fourth-order valence-electron chi connectivity index (χ4n) is 6.36. The summed E-state index contributed by atoms with van der Waals surface area (Å²) >= 11 is 0. The molecule has 0 bridgehead atoms. The third-order valence-corrected chi connectivity index (χ3v) is 8.28. The summed E-state index contributed by atoms with van der Waals surface area (Å²) in [6.07, 6.45) is 1.85. The van der Waals surface area contributed by atoms with E-state index in [9.17, 15) is 15.8 Å². The lowest BCUT2D eigenvalue weighted by Crippen LogP contribution is -2.04. The number of aromatic nitrogens is 3. The van der Waals surface area contributed by atoms with E-state index in [1.165, 1.54) is 0 Å². The van der Waals surface area contributed by atoms with E-state index >= 15 is 0 Å². The Balaban J connectivity index is 1.51. The molecule has 0 amide bonds. The van der Waals surface area contributed by atoms with Gasteiger partial charge in [0.1, 0.15) is 5.82 Å². The van der Waals surface area contributed by atoms with Crippen molar-refractivity contribution in [2.75, 3.05) is 0 Å². The summed E-state index contributed by atoms with van der Waals surface area (Å²) in [5.74, 6) is 0.663. The number of nitriles is 3. The maximum absolute atomic E-state index is 10.2. The zero-order chi connectivity index (χ0) is 29.8. The molecular weight excluding hydrogens is 540 g/mol. The van der Waals surface area contributed by atoms with E-state index in [0.717, 1.165) is 60.4 Å². The number of nitrogens with zero attached hydrogens (tertiary/aromatic N) is 6. The third kappa shape index (κ3) is 3.61. The van der Waals surface area contributed by atoms with Crippen LogP contribution < -0.4 is 0 Å². The number of benzene rings is 5. The Morgan fingerprint density at radius 3 is 1.66 bits per heavy atom. The highest BCUT2D eigenvalue weighted by atomic mass is 15.1. The molecule has 202 valence electrons. The second kappa shape index (κ2) is 9.71. The lowest BCUT2D eigenvalue weighted by molar-refractivity contribution is 1.05. The number of pyridine rings is 1. The minimum atomic E-state index is 0.540. The smallest absolute Gasteiger partial charge is 0.138 e. The molecular formula is C38H20N6. The molecule has 0 N–H and O–H groups in total. The molecule has 0 fully saturated rings. The Labute approximate surface area is 252 Å². The third-order valence-electron chi connectivity index (χ3n) is 8.28. The van der Waals surface area contributed by atoms with Crippen LogP contribution in [0.1, 0.15) is 16.7 Å². The summed E-state index contributed by atoms with van der Waals surface area (Å²) in [6, 6.07) is 44.2. The van der Waals surface area contributed by atoms with Gasteiger partial charge in [-0.2, -0.15) is 15.8 Å². The van der Waals surface area contributed by atoms with Crippen molar-refractivity contribution in [1.29, 1.82) is 15.8 Å². The molecule has 6 nitrogen and oxygen atoms in total. The lowest BCUT2D eigenvalue weighted by Gasteiger charge is -2.17. The van der Waals surface area contributed by atoms with Crippen LogP contribution in [0.15, 0.2) is 121 Å². The Kier molecular flexibility index (Phi) is 5.53. The summed E-state index contributed by atoms with van der Waals surface area (Å²) in [5.41, 5.74) is 7.73. The van der Waals surface area contributed by atoms with Gasteiger partial charge in [-0.3, -0.25) is 4.57 Å². The van der Waals surface area contributed by atoms with E-state index in [1.54, 1.807) is 0 Å². The molecule has 0 radical (unpaired) electrons. The first-order valence-electron chi connectivity index (χ1n) is 14.1. The molecule has 0 atom stereocenters. The van der Waals surface area contributed by atoms with E-state index in [0.29, 0.717) is 22.5 Å². The quantitative estimate of drug-likeness (QED) is 0.216. The second-order valence-corrected chi connectivity index (χ2v) is 10.6. The average Bonchev–Trinajstić information content (AvgIpc) is 3.59. The van der Waals surface area contributed by atoms with Gasteiger partial charge < -0.3 is 4.57 Å². The van der Waals surface area contributed by atoms with Crippen molar-refractivity contribution in [2.24, 2.45) is 0 Å². The predicted molar refractivity (Wildman–Crippen MR) is 172 cm³/mol. The molecule has 5 aromatic carbocycles. The first kappa shape index (κ1) is 25.1. The Morgan fingerprint density at radius 1 is 0.477 bits per heavy atom. The maximum Gasteiger partial charge on any atom is 0.138 e. The largest absolute Gasteiger partial charge is 0.307 e. The number of rotatable bonds is 3. The molecule has 0 unspecified atom stereocenters. The van der Waals surface area contributed by atoms with E-state index in [1.807, 2.05) is 97.2 Å². The minimum Gasteiger partial charge on any atom is -0.307 e. The van der Waals surface area contributed by atoms with Crippen LogP contribution in [-0.2, 0) is 0 Å². The Morgan fingerprint density at radius 2 is 1.02 bits per heavy atom. The van der Waals surface area contributed by atoms with Crippen molar-refractivity contribution < 1.29 is 0 Å².